The molecule has 0 radical (unpaired) electrons. The lowest BCUT2D eigenvalue weighted by Crippen LogP contribution is -2.12. The van der Waals surface area contributed by atoms with Gasteiger partial charge in [-0.3, -0.25) is 0 Å². The molecule has 0 saturated carbocycles. The molecule has 0 aromatic heterocycles. The summed E-state index contributed by atoms with van der Waals surface area (Å²) in [6, 6.07) is 8.03. The minimum atomic E-state index is 0. The third-order valence-corrected chi connectivity index (χ3v) is 2.15. The molecule has 0 heterocycles. The van der Waals surface area contributed by atoms with Crippen molar-refractivity contribution >= 4 is 12.4 Å². The average molecular weight is 254 g/mol. The molecule has 1 aromatic carbocycles. The normalized spacial score (nSPS) is 9.94. The van der Waals surface area contributed by atoms with Crippen LogP contribution in [0.25, 0.3) is 0 Å². The van der Waals surface area contributed by atoms with Gasteiger partial charge in [-0.15, -0.1) is 19.0 Å². The summed E-state index contributed by atoms with van der Waals surface area (Å²) in [5, 5.41) is 3.18. The zero-order valence-electron chi connectivity index (χ0n) is 10.2. The van der Waals surface area contributed by atoms with Crippen LogP contribution in [0.15, 0.2) is 49.1 Å². The number of aryl methyl sites for hydroxylation is 1. The molecule has 0 aliphatic rings. The molecule has 0 amide bonds. The summed E-state index contributed by atoms with van der Waals surface area (Å²) in [4.78, 5) is 0. The number of halogens is 1. The van der Waals surface area contributed by atoms with E-state index in [0.29, 0.717) is 6.61 Å². The molecular weight excluding hydrogens is 234 g/mol. The van der Waals surface area contributed by atoms with E-state index >= 15 is 0 Å². The lowest BCUT2D eigenvalue weighted by atomic mass is 10.2. The molecule has 0 atom stereocenters. The zero-order chi connectivity index (χ0) is 11.6. The van der Waals surface area contributed by atoms with E-state index in [1.54, 1.807) is 0 Å². The van der Waals surface area contributed by atoms with Crippen LogP contribution >= 0.6 is 12.4 Å². The van der Waals surface area contributed by atoms with Crippen molar-refractivity contribution in [2.45, 2.75) is 6.92 Å². The van der Waals surface area contributed by atoms with Crippen LogP contribution in [-0.4, -0.2) is 19.7 Å². The van der Waals surface area contributed by atoms with Gasteiger partial charge >= 0.3 is 0 Å². The van der Waals surface area contributed by atoms with Gasteiger partial charge < -0.3 is 10.1 Å². The maximum atomic E-state index is 5.61. The molecule has 2 nitrogen and oxygen atoms in total. The van der Waals surface area contributed by atoms with Crippen LogP contribution in [-0.2, 0) is 0 Å². The van der Waals surface area contributed by atoms with Crippen LogP contribution in [0.3, 0.4) is 0 Å². The van der Waals surface area contributed by atoms with Crippen LogP contribution in [0.1, 0.15) is 5.56 Å². The summed E-state index contributed by atoms with van der Waals surface area (Å²) in [5.41, 5.74) is 1.17. The van der Waals surface area contributed by atoms with E-state index in [-0.39, 0.29) is 12.4 Å². The highest BCUT2D eigenvalue weighted by Crippen LogP contribution is 2.15. The third-order valence-electron chi connectivity index (χ3n) is 2.15. The fraction of sp³-hybridized carbons (Fsp3) is 0.286. The van der Waals surface area contributed by atoms with Crippen molar-refractivity contribution in [3.8, 4) is 5.75 Å². The molecule has 0 saturated heterocycles. The van der Waals surface area contributed by atoms with Crippen molar-refractivity contribution in [2.24, 2.45) is 0 Å². The van der Waals surface area contributed by atoms with Crippen LogP contribution in [0.4, 0.5) is 0 Å². The summed E-state index contributed by atoms with van der Waals surface area (Å²) < 4.78 is 5.61. The Hall–Kier alpha value is -1.25. The van der Waals surface area contributed by atoms with Gasteiger partial charge in [-0.2, -0.15) is 0 Å². The van der Waals surface area contributed by atoms with Crippen LogP contribution in [0, 0.1) is 6.92 Å². The van der Waals surface area contributed by atoms with E-state index in [2.05, 4.69) is 18.0 Å². The Labute approximate surface area is 110 Å². The number of hydrogen-bond acceptors (Lipinski definition) is 2. The quantitative estimate of drug-likeness (QED) is 0.596. The molecule has 0 fully saturated rings. The van der Waals surface area contributed by atoms with Crippen molar-refractivity contribution in [1.82, 2.24) is 5.32 Å². The van der Waals surface area contributed by atoms with Crippen LogP contribution in [0.5, 0.6) is 5.75 Å². The first-order valence-electron chi connectivity index (χ1n) is 5.49. The second-order valence-electron chi connectivity index (χ2n) is 3.49. The largest absolute Gasteiger partial charge is 0.489 e. The average Bonchev–Trinajstić information content (AvgIpc) is 2.30. The Balaban J connectivity index is 0.00000256. The summed E-state index contributed by atoms with van der Waals surface area (Å²) in [6.07, 6.45) is 5.92. The van der Waals surface area contributed by atoms with Crippen molar-refractivity contribution in [3.05, 3.63) is 54.6 Å². The van der Waals surface area contributed by atoms with E-state index in [9.17, 15) is 0 Å². The van der Waals surface area contributed by atoms with Gasteiger partial charge in [0.2, 0.25) is 0 Å². The van der Waals surface area contributed by atoms with E-state index in [0.717, 1.165) is 18.8 Å². The highest BCUT2D eigenvalue weighted by molar-refractivity contribution is 5.85. The fourth-order valence-electron chi connectivity index (χ4n) is 1.28. The van der Waals surface area contributed by atoms with E-state index in [4.69, 9.17) is 4.74 Å². The van der Waals surface area contributed by atoms with Gasteiger partial charge in [0, 0.05) is 13.1 Å². The molecule has 0 unspecified atom stereocenters. The Kier molecular flexibility index (Phi) is 9.21. The number of para-hydroxylation sites is 1. The summed E-state index contributed by atoms with van der Waals surface area (Å²) in [6.45, 7) is 7.98. The highest BCUT2D eigenvalue weighted by Gasteiger charge is 1.94. The van der Waals surface area contributed by atoms with Gasteiger partial charge in [0.05, 0.1) is 0 Å². The number of benzene rings is 1. The van der Waals surface area contributed by atoms with Crippen LogP contribution < -0.4 is 10.1 Å². The van der Waals surface area contributed by atoms with Crippen molar-refractivity contribution in [3.63, 3.8) is 0 Å². The molecule has 3 heteroatoms. The lowest BCUT2D eigenvalue weighted by Gasteiger charge is -2.05. The van der Waals surface area contributed by atoms with Gasteiger partial charge in [0.25, 0.3) is 0 Å². The number of hydrogen-bond donors (Lipinski definition) is 1. The van der Waals surface area contributed by atoms with E-state index in [1.165, 1.54) is 5.56 Å². The molecular formula is C14H20ClNO. The van der Waals surface area contributed by atoms with Gasteiger partial charge in [-0.1, -0.05) is 36.4 Å². The van der Waals surface area contributed by atoms with Crippen LogP contribution in [0.2, 0.25) is 0 Å². The fourth-order valence-corrected chi connectivity index (χ4v) is 1.28. The molecule has 0 aliphatic carbocycles. The monoisotopic (exact) mass is 253 g/mol. The van der Waals surface area contributed by atoms with Gasteiger partial charge in [-0.25, -0.2) is 0 Å². The second kappa shape index (κ2) is 9.94. The first-order chi connectivity index (χ1) is 7.84. The first-order valence-corrected chi connectivity index (χ1v) is 5.49. The second-order valence-corrected chi connectivity index (χ2v) is 3.49. The Morgan fingerprint density at radius 3 is 2.71 bits per heavy atom. The van der Waals surface area contributed by atoms with Crippen molar-refractivity contribution in [1.29, 1.82) is 0 Å². The minimum Gasteiger partial charge on any atom is -0.489 e. The summed E-state index contributed by atoms with van der Waals surface area (Å²) in [7, 11) is 0. The van der Waals surface area contributed by atoms with Crippen molar-refractivity contribution < 1.29 is 4.74 Å². The predicted octanol–water partition coefficient (Wildman–Crippen LogP) is 3.13. The molecule has 1 N–H and O–H groups in total. The molecule has 0 aliphatic heterocycles. The summed E-state index contributed by atoms with van der Waals surface area (Å²) in [5.74, 6) is 0.950. The number of ether oxygens (including phenoxy) is 1. The standard InChI is InChI=1S/C14H19NO.ClH/c1-3-10-15-11-6-7-12-16-14-9-5-4-8-13(14)2;/h3-9,15H,1,10-12H2,2H3;1H. The lowest BCUT2D eigenvalue weighted by molar-refractivity contribution is 0.360. The third kappa shape index (κ3) is 6.82. The molecule has 1 aromatic rings. The Morgan fingerprint density at radius 2 is 2.00 bits per heavy atom. The van der Waals surface area contributed by atoms with Gasteiger partial charge in [-0.05, 0) is 18.6 Å². The smallest absolute Gasteiger partial charge is 0.122 e. The SMILES string of the molecule is C=CCNCC=CCOc1ccccc1C.Cl. The highest BCUT2D eigenvalue weighted by atomic mass is 35.5. The predicted molar refractivity (Wildman–Crippen MR) is 76.1 cm³/mol. The van der Waals surface area contributed by atoms with E-state index < -0.39 is 0 Å². The Bertz CT molecular complexity index is 350. The minimum absolute atomic E-state index is 0. The maximum absolute atomic E-state index is 5.61. The first kappa shape index (κ1) is 15.8. The zero-order valence-corrected chi connectivity index (χ0v) is 11.0. The van der Waals surface area contributed by atoms with Gasteiger partial charge in [0.15, 0.2) is 0 Å². The molecule has 94 valence electrons. The van der Waals surface area contributed by atoms with Gasteiger partial charge in [0.1, 0.15) is 12.4 Å². The molecule has 0 spiro atoms. The Morgan fingerprint density at radius 1 is 1.24 bits per heavy atom. The van der Waals surface area contributed by atoms with E-state index in [1.807, 2.05) is 43.3 Å². The summed E-state index contributed by atoms with van der Waals surface area (Å²) >= 11 is 0. The molecule has 0 bridgehead atoms. The van der Waals surface area contributed by atoms with Crippen molar-refractivity contribution in [2.75, 3.05) is 19.7 Å². The topological polar surface area (TPSA) is 21.3 Å². The molecule has 17 heavy (non-hydrogen) atoms. The number of rotatable bonds is 7. The molecule has 1 rings (SSSR count). The maximum Gasteiger partial charge on any atom is 0.122 e. The number of nitrogens with one attached hydrogen (secondary N) is 1.